The smallest absolute Gasteiger partial charge is 0.475 e. The first kappa shape index (κ1) is 31.1. The summed E-state index contributed by atoms with van der Waals surface area (Å²) >= 11 is 0. The summed E-state index contributed by atoms with van der Waals surface area (Å²) in [6, 6.07) is 3.19. The van der Waals surface area contributed by atoms with E-state index in [0.29, 0.717) is 12.1 Å². The summed E-state index contributed by atoms with van der Waals surface area (Å²) in [6.45, 7) is 5.91. The van der Waals surface area contributed by atoms with Crippen molar-refractivity contribution in [2.45, 2.75) is 43.8 Å². The van der Waals surface area contributed by atoms with Gasteiger partial charge in [0.05, 0.1) is 31.9 Å². The van der Waals surface area contributed by atoms with Gasteiger partial charge in [0, 0.05) is 57.1 Å². The number of nitrogens with zero attached hydrogens (tertiary/aromatic N) is 4. The van der Waals surface area contributed by atoms with E-state index in [9.17, 15) is 26.3 Å². The number of rotatable bonds is 5. The van der Waals surface area contributed by atoms with Gasteiger partial charge in [-0.2, -0.15) is 31.4 Å². The summed E-state index contributed by atoms with van der Waals surface area (Å²) in [4.78, 5) is 23.0. The van der Waals surface area contributed by atoms with Crippen molar-refractivity contribution >= 4 is 11.9 Å². The zero-order chi connectivity index (χ0) is 28.5. The molecule has 38 heavy (non-hydrogen) atoms. The molecule has 4 heterocycles. The third-order valence-electron chi connectivity index (χ3n) is 5.79. The molecule has 214 valence electrons. The normalized spacial score (nSPS) is 20.7. The van der Waals surface area contributed by atoms with Crippen LogP contribution in [0.5, 0.6) is 0 Å². The summed E-state index contributed by atoms with van der Waals surface area (Å²) in [6.07, 6.45) is -0.115. The van der Waals surface area contributed by atoms with Gasteiger partial charge in [0.15, 0.2) is 0 Å². The number of furan rings is 1. The van der Waals surface area contributed by atoms with Crippen LogP contribution < -0.4 is 0 Å². The second-order valence-corrected chi connectivity index (χ2v) is 8.51. The Morgan fingerprint density at radius 2 is 1.61 bits per heavy atom. The van der Waals surface area contributed by atoms with Gasteiger partial charge in [0.2, 0.25) is 0 Å². The van der Waals surface area contributed by atoms with Gasteiger partial charge in [-0.25, -0.2) is 9.59 Å². The van der Waals surface area contributed by atoms with E-state index in [2.05, 4.69) is 27.2 Å². The molecule has 0 saturated carbocycles. The Labute approximate surface area is 213 Å². The minimum Gasteiger partial charge on any atom is -0.475 e. The molecule has 0 aromatic carbocycles. The van der Waals surface area contributed by atoms with E-state index in [1.54, 1.807) is 6.26 Å². The predicted octanol–water partition coefficient (Wildman–Crippen LogP) is 2.80. The van der Waals surface area contributed by atoms with E-state index in [1.165, 1.54) is 17.5 Å². The highest BCUT2D eigenvalue weighted by molar-refractivity contribution is 5.73. The number of aromatic nitrogens is 2. The van der Waals surface area contributed by atoms with Crippen LogP contribution in [0, 0.1) is 0 Å². The Bertz CT molecular complexity index is 981. The summed E-state index contributed by atoms with van der Waals surface area (Å²) in [5, 5.41) is 18.6. The Balaban J connectivity index is 0.000000301. The minimum absolute atomic E-state index is 0.516. The number of aryl methyl sites for hydroxylation is 1. The number of hydrogen-bond donors (Lipinski definition) is 2. The largest absolute Gasteiger partial charge is 0.490 e. The zero-order valence-electron chi connectivity index (χ0n) is 20.3. The molecule has 2 fully saturated rings. The van der Waals surface area contributed by atoms with Crippen LogP contribution in [-0.2, 0) is 34.3 Å². The first-order chi connectivity index (χ1) is 17.7. The van der Waals surface area contributed by atoms with Crippen molar-refractivity contribution in [1.29, 1.82) is 0 Å². The van der Waals surface area contributed by atoms with Crippen LogP contribution in [0.3, 0.4) is 0 Å². The number of likely N-dealkylation sites (tertiary alicyclic amines) is 1. The Morgan fingerprint density at radius 1 is 1.03 bits per heavy atom. The second kappa shape index (κ2) is 13.6. The van der Waals surface area contributed by atoms with Crippen molar-refractivity contribution in [3.05, 3.63) is 42.1 Å². The Morgan fingerprint density at radius 3 is 2.05 bits per heavy atom. The van der Waals surface area contributed by atoms with Crippen molar-refractivity contribution in [1.82, 2.24) is 19.6 Å². The van der Waals surface area contributed by atoms with Gasteiger partial charge in [0.25, 0.3) is 0 Å². The monoisotopic (exact) mass is 558 g/mol. The molecule has 0 aliphatic carbocycles. The molecule has 2 aromatic heterocycles. The molecular weight excluding hydrogens is 530 g/mol. The molecule has 0 spiro atoms. The highest BCUT2D eigenvalue weighted by Gasteiger charge is 2.39. The van der Waals surface area contributed by atoms with Gasteiger partial charge < -0.3 is 19.4 Å². The lowest BCUT2D eigenvalue weighted by Crippen LogP contribution is -2.50. The molecule has 2 aliphatic rings. The van der Waals surface area contributed by atoms with E-state index in [0.717, 1.165) is 45.8 Å². The van der Waals surface area contributed by atoms with E-state index >= 15 is 0 Å². The van der Waals surface area contributed by atoms with Crippen LogP contribution in [0.1, 0.15) is 17.5 Å². The molecule has 2 N–H and O–H groups in total. The molecule has 16 heteroatoms. The van der Waals surface area contributed by atoms with Crippen molar-refractivity contribution in [3.63, 3.8) is 0 Å². The van der Waals surface area contributed by atoms with Crippen LogP contribution in [0.2, 0.25) is 0 Å². The van der Waals surface area contributed by atoms with Crippen LogP contribution in [0.15, 0.2) is 35.4 Å². The fourth-order valence-electron chi connectivity index (χ4n) is 4.13. The number of morpholine rings is 1. The average Bonchev–Trinajstić information content (AvgIpc) is 3.57. The van der Waals surface area contributed by atoms with Gasteiger partial charge in [-0.3, -0.25) is 14.5 Å². The van der Waals surface area contributed by atoms with Crippen LogP contribution >= 0.6 is 0 Å². The van der Waals surface area contributed by atoms with E-state index in [4.69, 9.17) is 29.0 Å². The lowest BCUT2D eigenvalue weighted by atomic mass is 10.00. The number of halogens is 6. The van der Waals surface area contributed by atoms with Crippen LogP contribution in [0.4, 0.5) is 26.3 Å². The Kier molecular flexibility index (Phi) is 11.1. The van der Waals surface area contributed by atoms with Crippen molar-refractivity contribution < 1.29 is 55.3 Å². The summed E-state index contributed by atoms with van der Waals surface area (Å²) in [7, 11) is 1.99. The fraction of sp³-hybridized carbons (Fsp3) is 0.591. The van der Waals surface area contributed by atoms with Gasteiger partial charge >= 0.3 is 24.3 Å². The molecule has 2 aliphatic heterocycles. The first-order valence-electron chi connectivity index (χ1n) is 11.3. The third-order valence-corrected chi connectivity index (χ3v) is 5.79. The number of aliphatic carboxylic acids is 2. The molecule has 0 amide bonds. The molecule has 10 nitrogen and oxygen atoms in total. The maximum Gasteiger partial charge on any atom is 0.490 e. The van der Waals surface area contributed by atoms with E-state index in [1.807, 2.05) is 24.2 Å². The molecule has 0 unspecified atom stereocenters. The van der Waals surface area contributed by atoms with E-state index in [-0.39, 0.29) is 0 Å². The number of alkyl halides is 6. The van der Waals surface area contributed by atoms with Crippen molar-refractivity contribution in [3.8, 4) is 0 Å². The number of carboxylic acids is 2. The topological polar surface area (TPSA) is 121 Å². The summed E-state index contributed by atoms with van der Waals surface area (Å²) < 4.78 is 76.2. The first-order valence-corrected chi connectivity index (χ1v) is 11.3. The number of carbonyl (C=O) groups is 2. The summed E-state index contributed by atoms with van der Waals surface area (Å²) in [5.41, 5.74) is 2.58. The maximum atomic E-state index is 10.6. The van der Waals surface area contributed by atoms with Crippen molar-refractivity contribution in [2.24, 2.45) is 7.05 Å². The number of ether oxygens (including phenoxy) is 1. The molecule has 0 radical (unpaired) electrons. The van der Waals surface area contributed by atoms with Gasteiger partial charge in [-0.15, -0.1) is 0 Å². The van der Waals surface area contributed by atoms with Gasteiger partial charge in [-0.1, -0.05) is 0 Å². The predicted molar refractivity (Wildman–Crippen MR) is 118 cm³/mol. The highest BCUT2D eigenvalue weighted by atomic mass is 19.4. The fourth-order valence-corrected chi connectivity index (χ4v) is 4.13. The summed E-state index contributed by atoms with van der Waals surface area (Å²) in [5.74, 6) is -5.51. The molecule has 2 atom stereocenters. The standard InChI is InChI=1S/C18H26N4O2.2C2HF3O2/c1-20-12-16(11-19-20)10-18-17(21-5-8-23-9-6-21)2-4-22(18)13-15-3-7-24-14-15;2*3-2(4,5)1(6)7/h3,7,11-12,14,17-18H,2,4-6,8-10,13H2,1H3;2*(H,6,7)/t17-,18+;;/m1../s1. The van der Waals surface area contributed by atoms with Gasteiger partial charge in [0.1, 0.15) is 0 Å². The highest BCUT2D eigenvalue weighted by Crippen LogP contribution is 2.28. The third kappa shape index (κ3) is 9.98. The number of carboxylic acid groups (broad SMARTS) is 2. The van der Waals surface area contributed by atoms with Crippen LogP contribution in [-0.4, -0.2) is 99.0 Å². The average molecular weight is 558 g/mol. The minimum atomic E-state index is -5.08. The molecule has 2 saturated heterocycles. The molecular formula is C22H28F6N4O6. The molecule has 2 aromatic rings. The lowest BCUT2D eigenvalue weighted by molar-refractivity contribution is -0.193. The van der Waals surface area contributed by atoms with Crippen LogP contribution in [0.25, 0.3) is 0 Å². The van der Waals surface area contributed by atoms with Gasteiger partial charge in [-0.05, 0) is 24.5 Å². The second-order valence-electron chi connectivity index (χ2n) is 8.51. The van der Waals surface area contributed by atoms with E-state index < -0.39 is 24.3 Å². The number of hydrogen-bond acceptors (Lipinski definition) is 7. The zero-order valence-corrected chi connectivity index (χ0v) is 20.3. The lowest BCUT2D eigenvalue weighted by Gasteiger charge is -2.37. The van der Waals surface area contributed by atoms with Crippen molar-refractivity contribution in [2.75, 3.05) is 32.8 Å². The molecule has 0 bridgehead atoms. The Hall–Kier alpha value is -3.11. The SMILES string of the molecule is Cn1cc(C[C@H]2[C@H](N3CCOCC3)CCN2Cc2ccoc2)cn1.O=C(O)C(F)(F)F.O=C(O)C(F)(F)F. The maximum absolute atomic E-state index is 10.6. The molecule has 4 rings (SSSR count). The quantitative estimate of drug-likeness (QED) is 0.534.